The van der Waals surface area contributed by atoms with Crippen LogP contribution < -0.4 is 4.74 Å². The number of nitriles is 1. The molecule has 0 spiro atoms. The van der Waals surface area contributed by atoms with E-state index in [9.17, 15) is 4.79 Å². The summed E-state index contributed by atoms with van der Waals surface area (Å²) in [4.78, 5) is 11.5. The highest BCUT2D eigenvalue weighted by molar-refractivity contribution is 5.87. The number of hydrogen-bond acceptors (Lipinski definition) is 6. The van der Waals surface area contributed by atoms with Crippen molar-refractivity contribution < 1.29 is 18.8 Å². The van der Waals surface area contributed by atoms with E-state index in [2.05, 4.69) is 5.16 Å². The van der Waals surface area contributed by atoms with Gasteiger partial charge in [0.1, 0.15) is 17.5 Å². The molecule has 1 aromatic carbocycles. The van der Waals surface area contributed by atoms with Crippen molar-refractivity contribution in [3.8, 4) is 23.1 Å². The van der Waals surface area contributed by atoms with Crippen LogP contribution in [0.25, 0.3) is 11.3 Å². The maximum absolute atomic E-state index is 11.5. The number of ether oxygens (including phenoxy) is 2. The number of carbonyl (C=O) groups is 1. The van der Waals surface area contributed by atoms with Gasteiger partial charge in [-0.1, -0.05) is 5.16 Å². The molecule has 0 bridgehead atoms. The van der Waals surface area contributed by atoms with Gasteiger partial charge in [-0.3, -0.25) is 0 Å². The first-order valence-electron chi connectivity index (χ1n) is 5.92. The van der Waals surface area contributed by atoms with E-state index in [1.54, 1.807) is 25.1 Å². The van der Waals surface area contributed by atoms with Crippen molar-refractivity contribution in [2.75, 3.05) is 13.7 Å². The van der Waals surface area contributed by atoms with Gasteiger partial charge in [0.05, 0.1) is 19.3 Å². The van der Waals surface area contributed by atoms with Crippen LogP contribution >= 0.6 is 0 Å². The van der Waals surface area contributed by atoms with Gasteiger partial charge in [-0.25, -0.2) is 4.79 Å². The number of hydrogen-bond donors (Lipinski definition) is 0. The molecule has 0 saturated carbocycles. The van der Waals surface area contributed by atoms with Crippen LogP contribution in [0.1, 0.15) is 23.0 Å². The maximum atomic E-state index is 11.5. The van der Waals surface area contributed by atoms with Gasteiger partial charge in [0.2, 0.25) is 5.76 Å². The molecule has 0 amide bonds. The Balaban J connectivity index is 2.33. The van der Waals surface area contributed by atoms with Crippen LogP contribution in [-0.4, -0.2) is 24.8 Å². The number of benzene rings is 1. The van der Waals surface area contributed by atoms with Crippen LogP contribution in [0.4, 0.5) is 0 Å². The number of aromatic nitrogens is 1. The Morgan fingerprint density at radius 2 is 2.25 bits per heavy atom. The lowest BCUT2D eigenvalue weighted by Crippen LogP contribution is -2.02. The van der Waals surface area contributed by atoms with E-state index >= 15 is 0 Å². The maximum Gasteiger partial charge on any atom is 0.377 e. The van der Waals surface area contributed by atoms with E-state index in [0.29, 0.717) is 22.6 Å². The minimum Gasteiger partial charge on any atom is -0.495 e. The molecule has 1 aromatic heterocycles. The summed E-state index contributed by atoms with van der Waals surface area (Å²) in [6.45, 7) is 1.97. The van der Waals surface area contributed by atoms with Crippen molar-refractivity contribution in [3.05, 3.63) is 35.6 Å². The summed E-state index contributed by atoms with van der Waals surface area (Å²) in [5.41, 5.74) is 1.49. The van der Waals surface area contributed by atoms with Gasteiger partial charge in [0.25, 0.3) is 0 Å². The lowest BCUT2D eigenvalue weighted by Gasteiger charge is -2.03. The number of carbonyl (C=O) groups excluding carboxylic acids is 1. The average Bonchev–Trinajstić information content (AvgIpc) is 2.96. The summed E-state index contributed by atoms with van der Waals surface area (Å²) in [6, 6.07) is 8.51. The highest BCUT2D eigenvalue weighted by atomic mass is 16.6. The molecule has 0 saturated heterocycles. The molecule has 0 fully saturated rings. The molecule has 0 aliphatic rings. The predicted molar refractivity (Wildman–Crippen MR) is 69.2 cm³/mol. The predicted octanol–water partition coefficient (Wildman–Crippen LogP) is 2.40. The minimum absolute atomic E-state index is 0.0242. The van der Waals surface area contributed by atoms with Gasteiger partial charge in [-0.2, -0.15) is 5.26 Å². The van der Waals surface area contributed by atoms with Gasteiger partial charge >= 0.3 is 5.97 Å². The molecule has 6 nitrogen and oxygen atoms in total. The number of methoxy groups -OCH3 is 1. The van der Waals surface area contributed by atoms with E-state index in [1.165, 1.54) is 13.2 Å². The van der Waals surface area contributed by atoms with Crippen molar-refractivity contribution >= 4 is 5.97 Å². The third-order valence-electron chi connectivity index (χ3n) is 2.60. The van der Waals surface area contributed by atoms with E-state index in [-0.39, 0.29) is 12.4 Å². The second-order valence-corrected chi connectivity index (χ2v) is 3.82. The summed E-state index contributed by atoms with van der Waals surface area (Å²) in [5.74, 6) is -0.0678. The fourth-order valence-corrected chi connectivity index (χ4v) is 1.66. The lowest BCUT2D eigenvalue weighted by molar-refractivity contribution is 0.0480. The molecule has 0 N–H and O–H groups in total. The monoisotopic (exact) mass is 272 g/mol. The normalized spacial score (nSPS) is 9.85. The zero-order chi connectivity index (χ0) is 14.5. The molecule has 6 heteroatoms. The highest BCUT2D eigenvalue weighted by Gasteiger charge is 2.15. The summed E-state index contributed by atoms with van der Waals surface area (Å²) < 4.78 is 14.8. The van der Waals surface area contributed by atoms with Crippen LogP contribution in [0.15, 0.2) is 28.8 Å². The first-order chi connectivity index (χ1) is 9.69. The first-order valence-corrected chi connectivity index (χ1v) is 5.92. The molecule has 0 aliphatic carbocycles. The molecule has 2 rings (SSSR count). The second-order valence-electron chi connectivity index (χ2n) is 3.82. The number of nitrogens with zero attached hydrogens (tertiary/aromatic N) is 2. The number of esters is 1. The molecule has 0 unspecified atom stereocenters. The van der Waals surface area contributed by atoms with Crippen LogP contribution in [-0.2, 0) is 4.74 Å². The van der Waals surface area contributed by atoms with Crippen molar-refractivity contribution in [2.24, 2.45) is 0 Å². The smallest absolute Gasteiger partial charge is 0.377 e. The third kappa shape index (κ3) is 2.62. The summed E-state index contributed by atoms with van der Waals surface area (Å²) >= 11 is 0. The Hall–Kier alpha value is -2.81. The summed E-state index contributed by atoms with van der Waals surface area (Å²) in [6.07, 6.45) is 0. The van der Waals surface area contributed by atoms with E-state index in [0.717, 1.165) is 0 Å². The third-order valence-corrected chi connectivity index (χ3v) is 2.60. The highest BCUT2D eigenvalue weighted by Crippen LogP contribution is 2.26. The standard InChI is InChI=1S/C14H12N2O4/c1-3-19-14(17)13-7-11(16-20-13)9-4-5-12(18-2)10(6-9)8-15/h4-7H,3H2,1-2H3. The Labute approximate surface area is 115 Å². The molecular weight excluding hydrogens is 260 g/mol. The molecule has 0 aliphatic heterocycles. The van der Waals surface area contributed by atoms with Gasteiger partial charge in [0, 0.05) is 11.6 Å². The van der Waals surface area contributed by atoms with Gasteiger partial charge in [-0.05, 0) is 25.1 Å². The SMILES string of the molecule is CCOC(=O)c1cc(-c2ccc(OC)c(C#N)c2)no1. The van der Waals surface area contributed by atoms with Crippen LogP contribution in [0.5, 0.6) is 5.75 Å². The molecule has 20 heavy (non-hydrogen) atoms. The largest absolute Gasteiger partial charge is 0.495 e. The van der Waals surface area contributed by atoms with E-state index < -0.39 is 5.97 Å². The van der Waals surface area contributed by atoms with Crippen molar-refractivity contribution in [2.45, 2.75) is 6.92 Å². The molecule has 2 aromatic rings. The van der Waals surface area contributed by atoms with Crippen LogP contribution in [0.3, 0.4) is 0 Å². The Bertz CT molecular complexity index is 670. The molecular formula is C14H12N2O4. The molecule has 102 valence electrons. The van der Waals surface area contributed by atoms with E-state index in [4.69, 9.17) is 19.3 Å². The Kier molecular flexibility index (Phi) is 4.01. The summed E-state index contributed by atoms with van der Waals surface area (Å²) in [5, 5.41) is 12.8. The molecule has 0 atom stereocenters. The van der Waals surface area contributed by atoms with Crippen LogP contribution in [0, 0.1) is 11.3 Å². The topological polar surface area (TPSA) is 85.4 Å². The minimum atomic E-state index is -0.569. The summed E-state index contributed by atoms with van der Waals surface area (Å²) in [7, 11) is 1.49. The van der Waals surface area contributed by atoms with Crippen molar-refractivity contribution in [1.82, 2.24) is 5.16 Å². The fourth-order valence-electron chi connectivity index (χ4n) is 1.66. The van der Waals surface area contributed by atoms with Gasteiger partial charge < -0.3 is 14.0 Å². The Morgan fingerprint density at radius 1 is 1.45 bits per heavy atom. The van der Waals surface area contributed by atoms with Gasteiger partial charge in [-0.15, -0.1) is 0 Å². The Morgan fingerprint density at radius 3 is 2.90 bits per heavy atom. The molecule has 1 heterocycles. The fraction of sp³-hybridized carbons (Fsp3) is 0.214. The average molecular weight is 272 g/mol. The zero-order valence-electron chi connectivity index (χ0n) is 11.0. The molecule has 0 radical (unpaired) electrons. The lowest BCUT2D eigenvalue weighted by atomic mass is 10.1. The second kappa shape index (κ2) is 5.89. The van der Waals surface area contributed by atoms with Crippen molar-refractivity contribution in [3.63, 3.8) is 0 Å². The van der Waals surface area contributed by atoms with Crippen LogP contribution in [0.2, 0.25) is 0 Å². The first kappa shape index (κ1) is 13.6. The quantitative estimate of drug-likeness (QED) is 0.794. The number of rotatable bonds is 4. The zero-order valence-corrected chi connectivity index (χ0v) is 11.0. The van der Waals surface area contributed by atoms with E-state index in [1.807, 2.05) is 6.07 Å². The van der Waals surface area contributed by atoms with Crippen molar-refractivity contribution in [1.29, 1.82) is 5.26 Å². The van der Waals surface area contributed by atoms with Gasteiger partial charge in [0.15, 0.2) is 0 Å².